The van der Waals surface area contributed by atoms with Crippen molar-refractivity contribution in [3.63, 3.8) is 0 Å². The van der Waals surface area contributed by atoms with Crippen LogP contribution < -0.4 is 10.6 Å². The van der Waals surface area contributed by atoms with Crippen molar-refractivity contribution in [2.45, 2.75) is 71.0 Å². The highest BCUT2D eigenvalue weighted by Crippen LogP contribution is 2.26. The van der Waals surface area contributed by atoms with Crippen LogP contribution >= 0.6 is 23.4 Å². The van der Waals surface area contributed by atoms with Gasteiger partial charge in [0.25, 0.3) is 0 Å². The van der Waals surface area contributed by atoms with Crippen molar-refractivity contribution in [3.8, 4) is 11.4 Å². The van der Waals surface area contributed by atoms with Crippen LogP contribution in [0, 0.1) is 5.92 Å². The Morgan fingerprint density at radius 2 is 1.75 bits per heavy atom. The molecule has 0 saturated carbocycles. The number of aromatic nitrogens is 3. The van der Waals surface area contributed by atoms with Crippen molar-refractivity contribution in [3.05, 3.63) is 29.3 Å². The van der Waals surface area contributed by atoms with E-state index < -0.39 is 6.03 Å². The number of thioether (sulfide) groups is 1. The fourth-order valence-electron chi connectivity index (χ4n) is 3.09. The molecular formula is C23H34ClN5O2S. The summed E-state index contributed by atoms with van der Waals surface area (Å²) in [7, 11) is 0. The van der Waals surface area contributed by atoms with Gasteiger partial charge in [0, 0.05) is 23.7 Å². The number of halogens is 1. The number of hydrogen-bond donors (Lipinski definition) is 2. The van der Waals surface area contributed by atoms with Crippen molar-refractivity contribution in [1.82, 2.24) is 25.4 Å². The monoisotopic (exact) mass is 479 g/mol. The molecule has 0 saturated heterocycles. The molecule has 2 N–H and O–H groups in total. The molecular weight excluding hydrogens is 446 g/mol. The van der Waals surface area contributed by atoms with Gasteiger partial charge in [0.15, 0.2) is 11.0 Å². The largest absolute Gasteiger partial charge is 0.338 e. The predicted molar refractivity (Wildman–Crippen MR) is 131 cm³/mol. The predicted octanol–water partition coefficient (Wildman–Crippen LogP) is 5.53. The van der Waals surface area contributed by atoms with Crippen LogP contribution in [0.25, 0.3) is 11.4 Å². The number of nitrogens with zero attached hydrogens (tertiary/aromatic N) is 3. The molecule has 1 aromatic heterocycles. The molecule has 1 aromatic carbocycles. The number of imide groups is 1. The van der Waals surface area contributed by atoms with Gasteiger partial charge in [-0.3, -0.25) is 10.1 Å². The van der Waals surface area contributed by atoms with Crippen LogP contribution in [0.1, 0.15) is 59.3 Å². The summed E-state index contributed by atoms with van der Waals surface area (Å²) in [5.41, 5.74) is 0.928. The summed E-state index contributed by atoms with van der Waals surface area (Å²) >= 11 is 7.31. The van der Waals surface area contributed by atoms with Crippen LogP contribution in [-0.4, -0.2) is 39.0 Å². The Morgan fingerprint density at radius 3 is 2.44 bits per heavy atom. The lowest BCUT2D eigenvalue weighted by molar-refractivity contribution is -0.117. The molecule has 176 valence electrons. The summed E-state index contributed by atoms with van der Waals surface area (Å²) in [4.78, 5) is 24.0. The van der Waals surface area contributed by atoms with Crippen molar-refractivity contribution in [1.29, 1.82) is 0 Å². The highest BCUT2D eigenvalue weighted by atomic mass is 35.5. The number of nitrogens with one attached hydrogen (secondary N) is 2. The molecule has 0 spiro atoms. The molecule has 2 aromatic rings. The second kappa shape index (κ2) is 14.2. The quantitative estimate of drug-likeness (QED) is 0.291. The number of carbonyl (C=O) groups is 2. The average Bonchev–Trinajstić information content (AvgIpc) is 3.16. The van der Waals surface area contributed by atoms with Crippen LogP contribution in [0.2, 0.25) is 5.02 Å². The zero-order chi connectivity index (χ0) is 23.3. The number of benzene rings is 1. The minimum Gasteiger partial charge on any atom is -0.338 e. The van der Waals surface area contributed by atoms with Crippen LogP contribution in [0.5, 0.6) is 0 Å². The fourth-order valence-corrected chi connectivity index (χ4v) is 3.98. The van der Waals surface area contributed by atoms with E-state index in [2.05, 4.69) is 32.3 Å². The molecule has 0 aliphatic carbocycles. The second-order valence-corrected chi connectivity index (χ2v) is 9.55. The third kappa shape index (κ3) is 9.20. The lowest BCUT2D eigenvalue weighted by Gasteiger charge is -2.11. The molecule has 1 heterocycles. The van der Waals surface area contributed by atoms with Gasteiger partial charge in [-0.15, -0.1) is 10.2 Å². The molecule has 0 fully saturated rings. The second-order valence-electron chi connectivity index (χ2n) is 8.17. The summed E-state index contributed by atoms with van der Waals surface area (Å²) < 4.78 is 2.06. The van der Waals surface area contributed by atoms with E-state index in [0.717, 1.165) is 30.8 Å². The van der Waals surface area contributed by atoms with E-state index in [-0.39, 0.29) is 11.7 Å². The number of rotatable bonds is 13. The lowest BCUT2D eigenvalue weighted by Crippen LogP contribution is -2.41. The molecule has 0 aliphatic heterocycles. The summed E-state index contributed by atoms with van der Waals surface area (Å²) in [6.45, 7) is 7.49. The van der Waals surface area contributed by atoms with Gasteiger partial charge in [0.05, 0.1) is 5.75 Å². The van der Waals surface area contributed by atoms with Gasteiger partial charge in [-0.25, -0.2) is 4.79 Å². The van der Waals surface area contributed by atoms with E-state index in [9.17, 15) is 9.59 Å². The molecule has 0 unspecified atom stereocenters. The molecule has 0 radical (unpaired) electrons. The van der Waals surface area contributed by atoms with Crippen molar-refractivity contribution >= 4 is 35.3 Å². The molecule has 9 heteroatoms. The summed E-state index contributed by atoms with van der Waals surface area (Å²) in [5, 5.41) is 15.1. The SMILES string of the molecule is CCCCCCCCn1c(SCC(=O)NC(=O)NCC(C)C)nnc1-c1ccc(Cl)cc1. The Balaban J connectivity index is 2.01. The Morgan fingerprint density at radius 1 is 1.06 bits per heavy atom. The Hall–Kier alpha value is -2.06. The number of urea groups is 1. The van der Waals surface area contributed by atoms with E-state index in [1.807, 2.05) is 38.1 Å². The zero-order valence-corrected chi connectivity index (χ0v) is 20.8. The number of carbonyl (C=O) groups excluding carboxylic acids is 2. The highest BCUT2D eigenvalue weighted by Gasteiger charge is 2.16. The minimum atomic E-state index is -0.473. The maximum atomic E-state index is 12.2. The fraction of sp³-hybridized carbons (Fsp3) is 0.565. The van der Waals surface area contributed by atoms with Gasteiger partial charge in [-0.2, -0.15) is 0 Å². The summed E-state index contributed by atoms with van der Waals surface area (Å²) in [6.07, 6.45) is 7.11. The Bertz CT molecular complexity index is 855. The first-order valence-electron chi connectivity index (χ1n) is 11.3. The molecule has 0 bridgehead atoms. The summed E-state index contributed by atoms with van der Waals surface area (Å²) in [6, 6.07) is 7.03. The van der Waals surface area contributed by atoms with E-state index in [0.29, 0.717) is 22.6 Å². The van der Waals surface area contributed by atoms with Gasteiger partial charge in [-0.05, 0) is 36.6 Å². The van der Waals surface area contributed by atoms with Crippen molar-refractivity contribution in [2.24, 2.45) is 5.92 Å². The van der Waals surface area contributed by atoms with Gasteiger partial charge >= 0.3 is 6.03 Å². The first-order valence-corrected chi connectivity index (χ1v) is 12.7. The van der Waals surface area contributed by atoms with Crippen molar-refractivity contribution in [2.75, 3.05) is 12.3 Å². The normalized spacial score (nSPS) is 11.0. The topological polar surface area (TPSA) is 88.9 Å². The Kier molecular flexibility index (Phi) is 11.6. The lowest BCUT2D eigenvalue weighted by atomic mass is 10.1. The third-order valence-electron chi connectivity index (χ3n) is 4.81. The van der Waals surface area contributed by atoms with E-state index in [1.165, 1.54) is 37.4 Å². The molecule has 3 amide bonds. The molecule has 2 rings (SSSR count). The van der Waals surface area contributed by atoms with Crippen LogP contribution in [0.3, 0.4) is 0 Å². The first-order chi connectivity index (χ1) is 15.4. The van der Waals surface area contributed by atoms with E-state index in [4.69, 9.17) is 11.6 Å². The van der Waals surface area contributed by atoms with Crippen LogP contribution in [0.4, 0.5) is 4.79 Å². The molecule has 7 nitrogen and oxygen atoms in total. The minimum absolute atomic E-state index is 0.0876. The first kappa shape index (κ1) is 26.2. The average molecular weight is 480 g/mol. The van der Waals surface area contributed by atoms with Gasteiger partial charge in [0.1, 0.15) is 0 Å². The van der Waals surface area contributed by atoms with E-state index >= 15 is 0 Å². The third-order valence-corrected chi connectivity index (χ3v) is 6.03. The summed E-state index contributed by atoms with van der Waals surface area (Å²) in [5.74, 6) is 0.799. The van der Waals surface area contributed by atoms with Crippen LogP contribution in [0.15, 0.2) is 29.4 Å². The van der Waals surface area contributed by atoms with Crippen molar-refractivity contribution < 1.29 is 9.59 Å². The number of unbranched alkanes of at least 4 members (excludes halogenated alkanes) is 5. The standard InChI is InChI=1S/C23H34ClN5O2S/c1-4-5-6-7-8-9-14-29-21(18-10-12-19(24)13-11-18)27-28-23(29)32-16-20(30)26-22(31)25-15-17(2)3/h10-13,17H,4-9,14-16H2,1-3H3,(H2,25,26,30,31). The molecule has 32 heavy (non-hydrogen) atoms. The van der Waals surface area contributed by atoms with Crippen LogP contribution in [-0.2, 0) is 11.3 Å². The number of amides is 3. The molecule has 0 aliphatic rings. The van der Waals surface area contributed by atoms with E-state index in [1.54, 1.807) is 0 Å². The highest BCUT2D eigenvalue weighted by molar-refractivity contribution is 7.99. The maximum Gasteiger partial charge on any atom is 0.321 e. The molecule has 0 atom stereocenters. The van der Waals surface area contributed by atoms with Gasteiger partial charge in [0.2, 0.25) is 5.91 Å². The number of hydrogen-bond acceptors (Lipinski definition) is 5. The van der Waals surface area contributed by atoms with Gasteiger partial charge in [-0.1, -0.05) is 76.2 Å². The smallest absolute Gasteiger partial charge is 0.321 e. The Labute approximate surface area is 200 Å². The van der Waals surface area contributed by atoms with Gasteiger partial charge < -0.3 is 9.88 Å². The zero-order valence-electron chi connectivity index (χ0n) is 19.2. The maximum absolute atomic E-state index is 12.2.